The van der Waals surface area contributed by atoms with E-state index in [0.717, 1.165) is 16.9 Å². The molecule has 0 aliphatic rings. The summed E-state index contributed by atoms with van der Waals surface area (Å²) < 4.78 is 11.6. The van der Waals surface area contributed by atoms with Crippen LogP contribution in [0.1, 0.15) is 27.3 Å². The second-order valence-corrected chi connectivity index (χ2v) is 7.46. The van der Waals surface area contributed by atoms with Crippen molar-refractivity contribution in [3.05, 3.63) is 71.0 Å². The van der Waals surface area contributed by atoms with E-state index in [9.17, 15) is 14.4 Å². The van der Waals surface area contributed by atoms with Crippen molar-refractivity contribution in [3.63, 3.8) is 0 Å². The monoisotopic (exact) mass is 450 g/mol. The molecule has 0 radical (unpaired) electrons. The van der Waals surface area contributed by atoms with Crippen LogP contribution < -0.4 is 10.2 Å². The van der Waals surface area contributed by atoms with Crippen molar-refractivity contribution in [2.45, 2.75) is 20.8 Å². The number of amides is 2. The lowest BCUT2D eigenvalue weighted by molar-refractivity contribution is -0.119. The zero-order valence-electron chi connectivity index (χ0n) is 19.2. The Morgan fingerprint density at radius 2 is 1.70 bits per heavy atom. The molecule has 3 aromatic rings. The molecule has 0 saturated carbocycles. The summed E-state index contributed by atoms with van der Waals surface area (Å²) >= 11 is 0. The average molecular weight is 450 g/mol. The maximum Gasteiger partial charge on any atom is 0.413 e. The molecule has 0 bridgehead atoms. The number of methoxy groups -OCH3 is 1. The van der Waals surface area contributed by atoms with Crippen LogP contribution in [0, 0.1) is 20.8 Å². The van der Waals surface area contributed by atoms with Gasteiger partial charge in [0.15, 0.2) is 6.61 Å². The predicted octanol–water partition coefficient (Wildman–Crippen LogP) is 3.80. The fraction of sp³-hybridized carbons (Fsp3) is 0.250. The topological polar surface area (TPSA) is 103 Å². The van der Waals surface area contributed by atoms with Gasteiger partial charge < -0.3 is 14.8 Å². The van der Waals surface area contributed by atoms with Gasteiger partial charge in [0.25, 0.3) is 5.91 Å². The Bertz CT molecular complexity index is 1180. The molecule has 3 rings (SSSR count). The van der Waals surface area contributed by atoms with Gasteiger partial charge in [-0.2, -0.15) is 5.10 Å². The molecule has 9 nitrogen and oxygen atoms in total. The molecule has 33 heavy (non-hydrogen) atoms. The van der Waals surface area contributed by atoms with Crippen molar-refractivity contribution in [1.29, 1.82) is 0 Å². The number of rotatable bonds is 6. The van der Waals surface area contributed by atoms with Crippen molar-refractivity contribution in [1.82, 2.24) is 9.78 Å². The van der Waals surface area contributed by atoms with E-state index < -0.39 is 24.6 Å². The van der Waals surface area contributed by atoms with Gasteiger partial charge in [0.2, 0.25) is 0 Å². The number of para-hydroxylation sites is 1. The first-order valence-electron chi connectivity index (χ1n) is 10.2. The van der Waals surface area contributed by atoms with Crippen LogP contribution in [0.25, 0.3) is 5.69 Å². The molecule has 2 aromatic carbocycles. The molecule has 2 amide bonds. The molecule has 1 heterocycles. The fourth-order valence-electron chi connectivity index (χ4n) is 3.32. The average Bonchev–Trinajstić information content (AvgIpc) is 3.10. The predicted molar refractivity (Wildman–Crippen MR) is 124 cm³/mol. The van der Waals surface area contributed by atoms with Crippen molar-refractivity contribution in [3.8, 4) is 5.69 Å². The van der Waals surface area contributed by atoms with Crippen LogP contribution in [-0.2, 0) is 14.3 Å². The highest BCUT2D eigenvalue weighted by Gasteiger charge is 2.21. The number of benzene rings is 2. The lowest BCUT2D eigenvalue weighted by Crippen LogP contribution is -2.28. The number of aromatic nitrogens is 2. The number of nitrogens with one attached hydrogen (secondary N) is 1. The molecular weight excluding hydrogens is 424 g/mol. The number of hydrogen-bond acceptors (Lipinski definition) is 6. The Hall–Kier alpha value is -4.14. The summed E-state index contributed by atoms with van der Waals surface area (Å²) in [6.45, 7) is 5.14. The maximum absolute atomic E-state index is 12.6. The second-order valence-electron chi connectivity index (χ2n) is 7.46. The lowest BCUT2D eigenvalue weighted by Gasteiger charge is -2.18. The third kappa shape index (κ3) is 5.20. The van der Waals surface area contributed by atoms with E-state index in [1.54, 1.807) is 29.8 Å². The Morgan fingerprint density at radius 3 is 2.36 bits per heavy atom. The van der Waals surface area contributed by atoms with Crippen molar-refractivity contribution in [2.24, 2.45) is 0 Å². The van der Waals surface area contributed by atoms with Gasteiger partial charge in [-0.3, -0.25) is 9.69 Å². The van der Waals surface area contributed by atoms with Gasteiger partial charge in [0.1, 0.15) is 0 Å². The molecule has 0 fully saturated rings. The van der Waals surface area contributed by atoms with Crippen LogP contribution >= 0.6 is 0 Å². The van der Waals surface area contributed by atoms with Gasteiger partial charge in [-0.15, -0.1) is 0 Å². The van der Waals surface area contributed by atoms with E-state index in [4.69, 9.17) is 9.47 Å². The number of carbonyl (C=O) groups is 3. The van der Waals surface area contributed by atoms with Crippen LogP contribution in [0.5, 0.6) is 0 Å². The summed E-state index contributed by atoms with van der Waals surface area (Å²) in [5, 5.41) is 7.27. The number of aryl methyl sites for hydroxylation is 2. The smallest absolute Gasteiger partial charge is 0.413 e. The summed E-state index contributed by atoms with van der Waals surface area (Å²) in [6.07, 6.45) is -0.635. The minimum Gasteiger partial charge on any atom is -0.452 e. The summed E-state index contributed by atoms with van der Waals surface area (Å²) in [7, 11) is 2.72. The lowest BCUT2D eigenvalue weighted by atomic mass is 10.1. The summed E-state index contributed by atoms with van der Waals surface area (Å²) in [5.41, 5.74) is 4.40. The Labute approximate surface area is 191 Å². The summed E-state index contributed by atoms with van der Waals surface area (Å²) in [6, 6.07) is 14.3. The Morgan fingerprint density at radius 1 is 1.03 bits per heavy atom. The molecule has 0 atom stereocenters. The van der Waals surface area contributed by atoms with E-state index in [1.807, 2.05) is 38.1 Å². The minimum atomic E-state index is -0.736. The molecule has 0 saturated heterocycles. The number of ether oxygens (including phenoxy) is 2. The van der Waals surface area contributed by atoms with Crippen molar-refractivity contribution < 1.29 is 23.9 Å². The number of hydrogen-bond donors (Lipinski definition) is 1. The minimum absolute atomic E-state index is 0.137. The largest absolute Gasteiger partial charge is 0.452 e. The summed E-state index contributed by atoms with van der Waals surface area (Å²) in [5.74, 6) is -1.24. The Balaban J connectivity index is 1.69. The quantitative estimate of drug-likeness (QED) is 0.573. The van der Waals surface area contributed by atoms with Crippen LogP contribution in [0.2, 0.25) is 0 Å². The number of esters is 1. The number of anilines is 2. The van der Waals surface area contributed by atoms with Crippen molar-refractivity contribution in [2.75, 3.05) is 31.0 Å². The first-order valence-corrected chi connectivity index (χ1v) is 10.2. The third-order valence-corrected chi connectivity index (χ3v) is 5.10. The first-order chi connectivity index (χ1) is 15.7. The highest BCUT2D eigenvalue weighted by Crippen LogP contribution is 2.24. The van der Waals surface area contributed by atoms with Gasteiger partial charge in [-0.1, -0.05) is 29.8 Å². The third-order valence-electron chi connectivity index (χ3n) is 5.10. The molecule has 1 aromatic heterocycles. The van der Waals surface area contributed by atoms with Crippen LogP contribution in [0.15, 0.2) is 48.5 Å². The maximum atomic E-state index is 12.6. The molecule has 9 heteroatoms. The van der Waals surface area contributed by atoms with E-state index in [-0.39, 0.29) is 5.56 Å². The van der Waals surface area contributed by atoms with Gasteiger partial charge >= 0.3 is 12.1 Å². The van der Waals surface area contributed by atoms with Gasteiger partial charge in [0, 0.05) is 7.05 Å². The van der Waals surface area contributed by atoms with Gasteiger partial charge in [0.05, 0.1) is 41.1 Å². The number of carbonyl (C=O) groups excluding carboxylic acids is 3. The van der Waals surface area contributed by atoms with Crippen LogP contribution in [-0.4, -0.2) is 48.5 Å². The molecule has 0 spiro atoms. The molecule has 1 N–H and O–H groups in total. The number of nitrogens with zero attached hydrogens (tertiary/aromatic N) is 3. The standard InChI is InChI=1S/C24H26N4O5/c1-15-10-12-18(13-11-15)28-17(3)22(16(2)26-28)25-21(29)14-33-23(30)19-8-6-7-9-20(19)27(4)24(31)32-5/h6-13H,14H2,1-5H3,(H,25,29). The summed E-state index contributed by atoms with van der Waals surface area (Å²) in [4.78, 5) is 38.1. The SMILES string of the molecule is COC(=O)N(C)c1ccccc1C(=O)OCC(=O)Nc1c(C)nn(-c2ccc(C)cc2)c1C. The van der Waals surface area contributed by atoms with E-state index in [1.165, 1.54) is 25.1 Å². The van der Waals surface area contributed by atoms with E-state index in [2.05, 4.69) is 10.4 Å². The zero-order chi connectivity index (χ0) is 24.1. The van der Waals surface area contributed by atoms with Crippen LogP contribution in [0.3, 0.4) is 0 Å². The highest BCUT2D eigenvalue weighted by atomic mass is 16.5. The molecule has 0 unspecified atom stereocenters. The Kier molecular flexibility index (Phi) is 7.12. The highest BCUT2D eigenvalue weighted by molar-refractivity contribution is 6.02. The van der Waals surface area contributed by atoms with Crippen molar-refractivity contribution >= 4 is 29.3 Å². The first kappa shape index (κ1) is 23.5. The molecule has 0 aliphatic carbocycles. The van der Waals surface area contributed by atoms with Crippen LogP contribution in [0.4, 0.5) is 16.2 Å². The molecule has 172 valence electrons. The van der Waals surface area contributed by atoms with Gasteiger partial charge in [-0.25, -0.2) is 14.3 Å². The zero-order valence-corrected chi connectivity index (χ0v) is 19.2. The normalized spacial score (nSPS) is 10.5. The molecule has 0 aliphatic heterocycles. The molecular formula is C24H26N4O5. The van der Waals surface area contributed by atoms with Gasteiger partial charge in [-0.05, 0) is 45.0 Å². The second kappa shape index (κ2) is 9.99. The van der Waals surface area contributed by atoms with E-state index in [0.29, 0.717) is 17.1 Å². The van der Waals surface area contributed by atoms with E-state index >= 15 is 0 Å². The fourth-order valence-corrected chi connectivity index (χ4v) is 3.32.